The summed E-state index contributed by atoms with van der Waals surface area (Å²) >= 11 is 0. The average molecular weight is 244 g/mol. The predicted octanol–water partition coefficient (Wildman–Crippen LogP) is 0.625. The molecule has 1 aromatic heterocycles. The molecule has 0 bridgehead atoms. The Morgan fingerprint density at radius 3 is 2.83 bits per heavy atom. The van der Waals surface area contributed by atoms with E-state index >= 15 is 0 Å². The van der Waals surface area contributed by atoms with Crippen LogP contribution in [-0.2, 0) is 11.3 Å². The summed E-state index contributed by atoms with van der Waals surface area (Å²) in [6.45, 7) is 1.19. The number of hydrogen-bond acceptors (Lipinski definition) is 3. The summed E-state index contributed by atoms with van der Waals surface area (Å²) in [6, 6.07) is 9.78. The molecule has 0 fully saturated rings. The van der Waals surface area contributed by atoms with Crippen molar-refractivity contribution >= 4 is 5.91 Å². The molecule has 1 amide bonds. The van der Waals surface area contributed by atoms with E-state index in [1.54, 1.807) is 12.4 Å². The number of aromatic nitrogens is 2. The molecule has 2 rings (SSSR count). The third-order valence-corrected chi connectivity index (χ3v) is 2.53. The van der Waals surface area contributed by atoms with Crippen molar-refractivity contribution in [1.82, 2.24) is 14.9 Å². The number of hydrogen-bond donors (Lipinski definition) is 2. The molecule has 1 aromatic carbocycles. The van der Waals surface area contributed by atoms with Crippen LogP contribution in [0.2, 0.25) is 0 Å². The number of nitrogens with zero attached hydrogens (tertiary/aromatic N) is 2. The van der Waals surface area contributed by atoms with Crippen LogP contribution in [0.15, 0.2) is 42.7 Å². The minimum Gasteiger partial charge on any atom is -0.353 e. The first-order valence-electron chi connectivity index (χ1n) is 5.84. The molecule has 0 radical (unpaired) electrons. The molecule has 94 valence electrons. The Kier molecular flexibility index (Phi) is 4.09. The summed E-state index contributed by atoms with van der Waals surface area (Å²) in [7, 11) is 0. The maximum atomic E-state index is 11.6. The highest BCUT2D eigenvalue weighted by Gasteiger charge is 2.08. The molecular weight excluding hydrogens is 228 g/mol. The summed E-state index contributed by atoms with van der Waals surface area (Å²) in [5.41, 5.74) is 6.33. The molecule has 0 aliphatic rings. The van der Waals surface area contributed by atoms with Crippen molar-refractivity contribution in [2.45, 2.75) is 6.54 Å². The van der Waals surface area contributed by atoms with E-state index in [9.17, 15) is 4.79 Å². The van der Waals surface area contributed by atoms with Gasteiger partial charge in [0.05, 0.1) is 0 Å². The van der Waals surface area contributed by atoms with Crippen LogP contribution in [0.3, 0.4) is 0 Å². The highest BCUT2D eigenvalue weighted by molar-refractivity contribution is 5.76. The van der Waals surface area contributed by atoms with E-state index in [2.05, 4.69) is 10.3 Å². The van der Waals surface area contributed by atoms with Crippen LogP contribution in [0.4, 0.5) is 0 Å². The highest BCUT2D eigenvalue weighted by atomic mass is 16.1. The summed E-state index contributed by atoms with van der Waals surface area (Å²) in [5.74, 6) is 0.731. The SMILES string of the molecule is NCCNC(=O)Cn1ccnc1-c1ccccc1. The van der Waals surface area contributed by atoms with Gasteiger partial charge in [0.2, 0.25) is 5.91 Å². The lowest BCUT2D eigenvalue weighted by Gasteiger charge is -2.08. The van der Waals surface area contributed by atoms with Gasteiger partial charge in [0.15, 0.2) is 0 Å². The largest absolute Gasteiger partial charge is 0.353 e. The minimum absolute atomic E-state index is 0.0596. The maximum Gasteiger partial charge on any atom is 0.240 e. The smallest absolute Gasteiger partial charge is 0.240 e. The van der Waals surface area contributed by atoms with Crippen LogP contribution < -0.4 is 11.1 Å². The van der Waals surface area contributed by atoms with Gasteiger partial charge in [-0.1, -0.05) is 30.3 Å². The lowest BCUT2D eigenvalue weighted by atomic mass is 10.2. The fraction of sp³-hybridized carbons (Fsp3) is 0.231. The van der Waals surface area contributed by atoms with Gasteiger partial charge in [0.25, 0.3) is 0 Å². The fourth-order valence-corrected chi connectivity index (χ4v) is 1.71. The monoisotopic (exact) mass is 244 g/mol. The minimum atomic E-state index is -0.0596. The van der Waals surface area contributed by atoms with Crippen LogP contribution in [0.5, 0.6) is 0 Å². The number of carbonyl (C=O) groups excluding carboxylic acids is 1. The Labute approximate surface area is 106 Å². The number of nitrogens with two attached hydrogens (primary N) is 1. The molecule has 0 aliphatic carbocycles. The van der Waals surface area contributed by atoms with E-state index in [0.29, 0.717) is 13.1 Å². The lowest BCUT2D eigenvalue weighted by Crippen LogP contribution is -2.31. The molecule has 0 unspecified atom stereocenters. The Morgan fingerprint density at radius 2 is 2.11 bits per heavy atom. The van der Waals surface area contributed by atoms with E-state index in [1.165, 1.54) is 0 Å². The summed E-state index contributed by atoms with van der Waals surface area (Å²) < 4.78 is 1.82. The number of carbonyl (C=O) groups is 1. The van der Waals surface area contributed by atoms with Crippen molar-refractivity contribution < 1.29 is 4.79 Å². The third kappa shape index (κ3) is 2.95. The van der Waals surface area contributed by atoms with Crippen LogP contribution in [0, 0.1) is 0 Å². The zero-order chi connectivity index (χ0) is 12.8. The van der Waals surface area contributed by atoms with Gasteiger partial charge >= 0.3 is 0 Å². The van der Waals surface area contributed by atoms with Crippen LogP contribution in [0.1, 0.15) is 0 Å². The molecule has 5 heteroatoms. The van der Waals surface area contributed by atoms with E-state index < -0.39 is 0 Å². The van der Waals surface area contributed by atoms with E-state index in [0.717, 1.165) is 11.4 Å². The first-order valence-corrected chi connectivity index (χ1v) is 5.84. The van der Waals surface area contributed by atoms with Gasteiger partial charge in [-0.3, -0.25) is 4.79 Å². The molecule has 0 atom stereocenters. The van der Waals surface area contributed by atoms with Gasteiger partial charge in [-0.15, -0.1) is 0 Å². The molecule has 0 spiro atoms. The third-order valence-electron chi connectivity index (χ3n) is 2.53. The number of nitrogens with one attached hydrogen (secondary N) is 1. The molecule has 1 heterocycles. The summed E-state index contributed by atoms with van der Waals surface area (Å²) in [5, 5.41) is 2.74. The van der Waals surface area contributed by atoms with Gasteiger partial charge in [-0.25, -0.2) is 4.98 Å². The van der Waals surface area contributed by atoms with Crippen LogP contribution in [-0.4, -0.2) is 28.5 Å². The second kappa shape index (κ2) is 5.97. The molecule has 0 saturated heterocycles. The first kappa shape index (κ1) is 12.3. The average Bonchev–Trinajstić information content (AvgIpc) is 2.85. The van der Waals surface area contributed by atoms with Gasteiger partial charge in [0, 0.05) is 31.0 Å². The van der Waals surface area contributed by atoms with Gasteiger partial charge in [-0.05, 0) is 0 Å². The van der Waals surface area contributed by atoms with Crippen molar-refractivity contribution in [1.29, 1.82) is 0 Å². The van der Waals surface area contributed by atoms with E-state index in [1.807, 2.05) is 34.9 Å². The van der Waals surface area contributed by atoms with Crippen molar-refractivity contribution in [2.75, 3.05) is 13.1 Å². The zero-order valence-electron chi connectivity index (χ0n) is 10.0. The molecule has 2 aromatic rings. The van der Waals surface area contributed by atoms with Gasteiger partial charge in [0.1, 0.15) is 12.4 Å². The predicted molar refractivity (Wildman–Crippen MR) is 69.7 cm³/mol. The number of imidazole rings is 1. The molecule has 5 nitrogen and oxygen atoms in total. The molecule has 3 N–H and O–H groups in total. The normalized spacial score (nSPS) is 10.3. The standard InChI is InChI=1S/C13H16N4O/c14-6-7-15-12(18)10-17-9-8-16-13(17)11-4-2-1-3-5-11/h1-5,8-9H,6-7,10,14H2,(H,15,18). The lowest BCUT2D eigenvalue weighted by molar-refractivity contribution is -0.121. The number of benzene rings is 1. The number of rotatable bonds is 5. The van der Waals surface area contributed by atoms with Crippen molar-refractivity contribution in [2.24, 2.45) is 5.73 Å². The van der Waals surface area contributed by atoms with Crippen LogP contribution in [0.25, 0.3) is 11.4 Å². The Bertz CT molecular complexity index is 507. The fourth-order valence-electron chi connectivity index (χ4n) is 1.71. The summed E-state index contributed by atoms with van der Waals surface area (Å²) in [6.07, 6.45) is 3.49. The zero-order valence-corrected chi connectivity index (χ0v) is 10.0. The number of amides is 1. The van der Waals surface area contributed by atoms with Crippen molar-refractivity contribution in [3.8, 4) is 11.4 Å². The second-order valence-corrected chi connectivity index (χ2v) is 3.88. The maximum absolute atomic E-state index is 11.6. The Balaban J connectivity index is 2.11. The van der Waals surface area contributed by atoms with E-state index in [-0.39, 0.29) is 12.5 Å². The van der Waals surface area contributed by atoms with E-state index in [4.69, 9.17) is 5.73 Å². The molecular formula is C13H16N4O. The molecule has 0 saturated carbocycles. The van der Waals surface area contributed by atoms with Crippen molar-refractivity contribution in [3.05, 3.63) is 42.7 Å². The van der Waals surface area contributed by atoms with Crippen LogP contribution >= 0.6 is 0 Å². The van der Waals surface area contributed by atoms with Gasteiger partial charge < -0.3 is 15.6 Å². The Morgan fingerprint density at radius 1 is 1.33 bits per heavy atom. The quantitative estimate of drug-likeness (QED) is 0.810. The first-order chi connectivity index (χ1) is 8.81. The second-order valence-electron chi connectivity index (χ2n) is 3.88. The van der Waals surface area contributed by atoms with Gasteiger partial charge in [-0.2, -0.15) is 0 Å². The topological polar surface area (TPSA) is 72.9 Å². The molecule has 18 heavy (non-hydrogen) atoms. The Hall–Kier alpha value is -2.14. The highest BCUT2D eigenvalue weighted by Crippen LogP contribution is 2.16. The summed E-state index contributed by atoms with van der Waals surface area (Å²) in [4.78, 5) is 15.9. The molecule has 0 aliphatic heterocycles. The van der Waals surface area contributed by atoms with Crippen molar-refractivity contribution in [3.63, 3.8) is 0 Å².